The summed E-state index contributed by atoms with van der Waals surface area (Å²) in [7, 11) is 0. The first-order valence-corrected chi connectivity index (χ1v) is 16.6. The van der Waals surface area contributed by atoms with Crippen molar-refractivity contribution >= 4 is 46.3 Å². The summed E-state index contributed by atoms with van der Waals surface area (Å²) >= 11 is 3.28. The van der Waals surface area contributed by atoms with Crippen molar-refractivity contribution in [3.63, 3.8) is 0 Å². The molecule has 0 bridgehead atoms. The van der Waals surface area contributed by atoms with Crippen molar-refractivity contribution in [2.75, 3.05) is 60.1 Å². The lowest BCUT2D eigenvalue weighted by atomic mass is 10.2. The van der Waals surface area contributed by atoms with E-state index in [1.54, 1.807) is 23.5 Å². The molecule has 2 atom stereocenters. The predicted octanol–water partition coefficient (Wildman–Crippen LogP) is 6.84. The second-order valence-corrected chi connectivity index (χ2v) is 12.0. The quantitative estimate of drug-likeness (QED) is 0.0793. The Hall–Kier alpha value is -3.34. The van der Waals surface area contributed by atoms with Gasteiger partial charge in [0, 0.05) is 45.8 Å². The van der Waals surface area contributed by atoms with Crippen LogP contribution in [0.25, 0.3) is 0 Å². The SMILES string of the molecule is OC(COc1ccc(Nc2ccccc2)cc1)CSCCOCCSCC(O)COc1ccc(Nc2ccccc2)cc1. The number of aliphatic hydroxyl groups excluding tert-OH is 2. The van der Waals surface area contributed by atoms with Gasteiger partial charge in [-0.2, -0.15) is 23.5 Å². The zero-order valence-corrected chi connectivity index (χ0v) is 25.8. The minimum atomic E-state index is -0.546. The summed E-state index contributed by atoms with van der Waals surface area (Å²) in [5.74, 6) is 4.24. The van der Waals surface area contributed by atoms with Crippen LogP contribution >= 0.6 is 23.5 Å². The molecule has 0 amide bonds. The van der Waals surface area contributed by atoms with Crippen LogP contribution in [0, 0.1) is 0 Å². The Kier molecular flexibility index (Phi) is 14.4. The van der Waals surface area contributed by atoms with Gasteiger partial charge in [0.2, 0.25) is 0 Å². The van der Waals surface area contributed by atoms with Crippen LogP contribution in [-0.4, -0.2) is 71.9 Å². The van der Waals surface area contributed by atoms with Crippen molar-refractivity contribution in [2.45, 2.75) is 12.2 Å². The molecule has 7 nitrogen and oxygen atoms in total. The van der Waals surface area contributed by atoms with Crippen molar-refractivity contribution in [3.8, 4) is 11.5 Å². The molecule has 0 spiro atoms. The normalized spacial score (nSPS) is 12.3. The zero-order valence-electron chi connectivity index (χ0n) is 24.1. The number of benzene rings is 4. The van der Waals surface area contributed by atoms with Crippen LogP contribution in [0.2, 0.25) is 0 Å². The Morgan fingerprint density at radius 2 is 0.884 bits per heavy atom. The smallest absolute Gasteiger partial charge is 0.119 e. The lowest BCUT2D eigenvalue weighted by Gasteiger charge is -2.13. The van der Waals surface area contributed by atoms with E-state index in [0.717, 1.165) is 45.8 Å². The van der Waals surface area contributed by atoms with Gasteiger partial charge >= 0.3 is 0 Å². The monoisotopic (exact) mass is 620 g/mol. The molecule has 0 aliphatic heterocycles. The third-order valence-electron chi connectivity index (χ3n) is 6.08. The first-order chi connectivity index (χ1) is 21.1. The molecule has 0 saturated carbocycles. The maximum atomic E-state index is 10.2. The number of anilines is 4. The summed E-state index contributed by atoms with van der Waals surface area (Å²) in [4.78, 5) is 0. The van der Waals surface area contributed by atoms with Gasteiger partial charge in [-0.15, -0.1) is 0 Å². The van der Waals surface area contributed by atoms with E-state index >= 15 is 0 Å². The van der Waals surface area contributed by atoms with Gasteiger partial charge < -0.3 is 35.1 Å². The molecule has 2 unspecified atom stereocenters. The Bertz CT molecular complexity index is 1180. The number of ether oxygens (including phenoxy) is 3. The molecule has 4 aromatic rings. The van der Waals surface area contributed by atoms with Gasteiger partial charge in [-0.1, -0.05) is 36.4 Å². The number of thioether (sulfide) groups is 2. The Morgan fingerprint density at radius 1 is 0.512 bits per heavy atom. The van der Waals surface area contributed by atoms with E-state index in [1.165, 1.54) is 0 Å². The first-order valence-electron chi connectivity index (χ1n) is 14.3. The average molecular weight is 621 g/mol. The number of rotatable bonds is 20. The molecule has 0 aromatic heterocycles. The predicted molar refractivity (Wildman–Crippen MR) is 181 cm³/mol. The molecule has 9 heteroatoms. The fraction of sp³-hybridized carbons (Fsp3) is 0.294. The Morgan fingerprint density at radius 3 is 1.28 bits per heavy atom. The van der Waals surface area contributed by atoms with Crippen LogP contribution in [0.1, 0.15) is 0 Å². The minimum absolute atomic E-state index is 0.249. The van der Waals surface area contributed by atoms with Gasteiger partial charge in [0.15, 0.2) is 0 Å². The molecule has 228 valence electrons. The number of para-hydroxylation sites is 2. The van der Waals surface area contributed by atoms with Crippen LogP contribution in [0.5, 0.6) is 11.5 Å². The van der Waals surface area contributed by atoms with Crippen LogP contribution < -0.4 is 20.1 Å². The lowest BCUT2D eigenvalue weighted by molar-refractivity contribution is 0.126. The molecule has 4 aromatic carbocycles. The van der Waals surface area contributed by atoms with E-state index in [4.69, 9.17) is 14.2 Å². The Labute approximate surface area is 263 Å². The summed E-state index contributed by atoms with van der Waals surface area (Å²) in [6, 6.07) is 35.4. The van der Waals surface area contributed by atoms with E-state index in [1.807, 2.05) is 109 Å². The highest BCUT2D eigenvalue weighted by atomic mass is 32.2. The maximum Gasteiger partial charge on any atom is 0.119 e. The van der Waals surface area contributed by atoms with Gasteiger partial charge in [-0.3, -0.25) is 0 Å². The van der Waals surface area contributed by atoms with E-state index in [0.29, 0.717) is 24.7 Å². The molecule has 43 heavy (non-hydrogen) atoms. The van der Waals surface area contributed by atoms with Gasteiger partial charge in [0.1, 0.15) is 24.7 Å². The minimum Gasteiger partial charge on any atom is -0.491 e. The fourth-order valence-electron chi connectivity index (χ4n) is 3.90. The zero-order chi connectivity index (χ0) is 30.0. The number of hydrogen-bond acceptors (Lipinski definition) is 9. The summed E-state index contributed by atoms with van der Waals surface area (Å²) in [6.45, 7) is 1.74. The van der Waals surface area contributed by atoms with Gasteiger partial charge in [-0.25, -0.2) is 0 Å². The van der Waals surface area contributed by atoms with E-state index in [9.17, 15) is 10.2 Å². The van der Waals surface area contributed by atoms with E-state index < -0.39 is 12.2 Å². The first kappa shape index (κ1) is 32.6. The van der Waals surface area contributed by atoms with Crippen molar-refractivity contribution in [3.05, 3.63) is 109 Å². The maximum absolute atomic E-state index is 10.2. The molecule has 0 aliphatic carbocycles. The Balaban J connectivity index is 0.954. The van der Waals surface area contributed by atoms with Crippen molar-refractivity contribution < 1.29 is 24.4 Å². The van der Waals surface area contributed by atoms with Crippen LogP contribution in [0.3, 0.4) is 0 Å². The molecular weight excluding hydrogens is 581 g/mol. The topological polar surface area (TPSA) is 92.2 Å². The standard InChI is InChI=1S/C34H40N2O5S2/c37-31(23-40-33-15-11-29(12-16-33)35-27-7-3-1-4-8-27)25-42-21-19-39-20-22-43-26-32(38)24-41-34-17-13-30(14-18-34)36-28-9-5-2-6-10-28/h1-18,31-32,35-38H,19-26H2. The average Bonchev–Trinajstić information content (AvgIpc) is 3.04. The largest absolute Gasteiger partial charge is 0.491 e. The van der Waals surface area contributed by atoms with Crippen LogP contribution in [0.4, 0.5) is 22.7 Å². The van der Waals surface area contributed by atoms with Crippen molar-refractivity contribution in [1.82, 2.24) is 0 Å². The lowest BCUT2D eigenvalue weighted by Crippen LogP contribution is -2.21. The summed E-state index contributed by atoms with van der Waals surface area (Å²) in [5.41, 5.74) is 4.02. The highest BCUT2D eigenvalue weighted by Crippen LogP contribution is 2.21. The summed E-state index contributed by atoms with van der Waals surface area (Å²) in [6.07, 6.45) is -1.09. The van der Waals surface area contributed by atoms with E-state index in [2.05, 4.69) is 10.6 Å². The van der Waals surface area contributed by atoms with Crippen LogP contribution in [0.15, 0.2) is 109 Å². The summed E-state index contributed by atoms with van der Waals surface area (Å²) in [5, 5.41) is 27.1. The number of aliphatic hydroxyl groups is 2. The van der Waals surface area contributed by atoms with Crippen molar-refractivity contribution in [1.29, 1.82) is 0 Å². The van der Waals surface area contributed by atoms with Gasteiger partial charge in [0.05, 0.1) is 25.4 Å². The number of hydrogen-bond donors (Lipinski definition) is 4. The molecule has 4 N–H and O–H groups in total. The van der Waals surface area contributed by atoms with Crippen molar-refractivity contribution in [2.24, 2.45) is 0 Å². The molecule has 0 radical (unpaired) electrons. The fourth-order valence-corrected chi connectivity index (χ4v) is 5.44. The summed E-state index contributed by atoms with van der Waals surface area (Å²) < 4.78 is 17.1. The van der Waals surface area contributed by atoms with Crippen LogP contribution in [-0.2, 0) is 4.74 Å². The molecule has 0 fully saturated rings. The second kappa shape index (κ2) is 19.0. The molecule has 4 rings (SSSR count). The highest BCUT2D eigenvalue weighted by molar-refractivity contribution is 7.99. The van der Waals surface area contributed by atoms with Gasteiger partial charge in [0.25, 0.3) is 0 Å². The second-order valence-electron chi connectivity index (χ2n) is 9.72. The van der Waals surface area contributed by atoms with Gasteiger partial charge in [-0.05, 0) is 72.8 Å². The molecular formula is C34H40N2O5S2. The van der Waals surface area contributed by atoms with E-state index in [-0.39, 0.29) is 13.2 Å². The third-order valence-corrected chi connectivity index (χ3v) is 8.23. The number of nitrogens with one attached hydrogen (secondary N) is 2. The molecule has 0 aliphatic rings. The molecule has 0 heterocycles. The third kappa shape index (κ3) is 13.2. The highest BCUT2D eigenvalue weighted by Gasteiger charge is 2.08. The molecule has 0 saturated heterocycles.